The molecule has 0 bridgehead atoms. The van der Waals surface area contributed by atoms with E-state index in [9.17, 15) is 9.59 Å². The van der Waals surface area contributed by atoms with Crippen molar-refractivity contribution in [3.05, 3.63) is 0 Å². The molecule has 0 aliphatic carbocycles. The normalized spacial score (nSPS) is 11.2. The highest BCUT2D eigenvalue weighted by Gasteiger charge is 2.17. The second-order valence-electron chi connectivity index (χ2n) is 5.09. The van der Waals surface area contributed by atoms with Crippen LogP contribution >= 0.6 is 0 Å². The van der Waals surface area contributed by atoms with E-state index < -0.39 is 0 Å². The minimum Gasteiger partial charge on any atom is -0.382 e. The minimum atomic E-state index is -0.296. The largest absolute Gasteiger partial charge is 0.382 e. The molecule has 0 fully saturated rings. The van der Waals surface area contributed by atoms with Crippen LogP contribution in [0.25, 0.3) is 0 Å². The molecule has 0 atom stereocenters. The van der Waals surface area contributed by atoms with Crippen molar-refractivity contribution < 1.29 is 19.1 Å². The molecule has 0 saturated carbocycles. The third kappa shape index (κ3) is 8.95. The first-order valence-electron chi connectivity index (χ1n) is 5.88. The summed E-state index contributed by atoms with van der Waals surface area (Å²) in [5.74, 6) is -0.412. The summed E-state index contributed by atoms with van der Waals surface area (Å²) in [5, 5.41) is 2.79. The van der Waals surface area contributed by atoms with Crippen LogP contribution in [0.4, 0.5) is 0 Å². The van der Waals surface area contributed by atoms with Gasteiger partial charge in [-0.2, -0.15) is 0 Å². The number of likely N-dealkylation sites (N-methyl/N-ethyl adjacent to an activating group) is 1. The van der Waals surface area contributed by atoms with Crippen LogP contribution in [0.2, 0.25) is 0 Å². The molecule has 6 heteroatoms. The molecule has 0 spiro atoms. The highest BCUT2D eigenvalue weighted by Crippen LogP contribution is 1.98. The lowest BCUT2D eigenvalue weighted by Crippen LogP contribution is -2.46. The van der Waals surface area contributed by atoms with E-state index in [-0.39, 0.29) is 30.5 Å². The summed E-state index contributed by atoms with van der Waals surface area (Å²) in [6.45, 7) is 6.47. The summed E-state index contributed by atoms with van der Waals surface area (Å²) >= 11 is 0. The number of nitrogens with zero attached hydrogens (tertiary/aromatic N) is 1. The van der Waals surface area contributed by atoms with Gasteiger partial charge in [0.05, 0.1) is 19.8 Å². The van der Waals surface area contributed by atoms with Gasteiger partial charge in [-0.3, -0.25) is 9.59 Å². The average Bonchev–Trinajstić information content (AvgIpc) is 2.21. The van der Waals surface area contributed by atoms with Crippen LogP contribution in [0.3, 0.4) is 0 Å². The van der Waals surface area contributed by atoms with E-state index in [2.05, 4.69) is 5.32 Å². The number of nitrogens with one attached hydrogen (secondary N) is 1. The number of hydrogen-bond donors (Lipinski definition) is 1. The summed E-state index contributed by atoms with van der Waals surface area (Å²) in [4.78, 5) is 24.5. The lowest BCUT2D eigenvalue weighted by molar-refractivity contribution is -0.139. The van der Waals surface area contributed by atoms with E-state index in [0.717, 1.165) is 0 Å². The Hall–Kier alpha value is -1.14. The van der Waals surface area contributed by atoms with Crippen molar-refractivity contribution in [2.24, 2.45) is 0 Å². The fraction of sp³-hybridized carbons (Fsp3) is 0.833. The smallest absolute Gasteiger partial charge is 0.248 e. The molecular formula is C12H24N2O4. The third-order valence-electron chi connectivity index (χ3n) is 1.98. The number of methoxy groups -OCH3 is 1. The molecule has 18 heavy (non-hydrogen) atoms. The maximum Gasteiger partial charge on any atom is 0.248 e. The van der Waals surface area contributed by atoms with Gasteiger partial charge in [0, 0.05) is 19.7 Å². The van der Waals surface area contributed by atoms with E-state index in [1.165, 1.54) is 4.90 Å². The Labute approximate surface area is 109 Å². The van der Waals surface area contributed by atoms with Gasteiger partial charge in [0.25, 0.3) is 0 Å². The Bertz CT molecular complexity index is 274. The first-order valence-corrected chi connectivity index (χ1v) is 5.88. The molecule has 0 aliphatic rings. The monoisotopic (exact) mass is 260 g/mol. The van der Waals surface area contributed by atoms with Crippen molar-refractivity contribution >= 4 is 11.8 Å². The van der Waals surface area contributed by atoms with Crippen molar-refractivity contribution in [2.45, 2.75) is 26.3 Å². The number of carbonyl (C=O) groups excluding carboxylic acids is 2. The molecule has 0 aromatic carbocycles. The maximum atomic E-state index is 11.6. The van der Waals surface area contributed by atoms with Gasteiger partial charge >= 0.3 is 0 Å². The van der Waals surface area contributed by atoms with Crippen molar-refractivity contribution in [1.82, 2.24) is 10.2 Å². The topological polar surface area (TPSA) is 67.9 Å². The van der Waals surface area contributed by atoms with Gasteiger partial charge in [-0.1, -0.05) is 0 Å². The third-order valence-corrected chi connectivity index (χ3v) is 1.98. The molecule has 0 saturated heterocycles. The Kier molecular flexibility index (Phi) is 7.54. The molecule has 2 amide bonds. The molecule has 0 aromatic rings. The van der Waals surface area contributed by atoms with Crippen molar-refractivity contribution in [2.75, 3.05) is 40.5 Å². The Morgan fingerprint density at radius 1 is 1.22 bits per heavy atom. The number of hydrogen-bond acceptors (Lipinski definition) is 4. The summed E-state index contributed by atoms with van der Waals surface area (Å²) in [6, 6.07) is 0. The average molecular weight is 260 g/mol. The van der Waals surface area contributed by atoms with E-state index in [4.69, 9.17) is 9.47 Å². The lowest BCUT2D eigenvalue weighted by Gasteiger charge is -2.23. The predicted octanol–water partition coefficient (Wildman–Crippen LogP) is 0.0225. The molecule has 6 nitrogen and oxygen atoms in total. The van der Waals surface area contributed by atoms with Crippen LogP contribution in [0, 0.1) is 0 Å². The van der Waals surface area contributed by atoms with Gasteiger partial charge < -0.3 is 19.7 Å². The van der Waals surface area contributed by atoms with Crippen LogP contribution in [-0.4, -0.2) is 62.8 Å². The zero-order chi connectivity index (χ0) is 14.2. The zero-order valence-electron chi connectivity index (χ0n) is 11.9. The van der Waals surface area contributed by atoms with E-state index >= 15 is 0 Å². The number of carbonyl (C=O) groups is 2. The fourth-order valence-corrected chi connectivity index (χ4v) is 1.17. The molecule has 0 aromatic heterocycles. The number of amides is 2. The van der Waals surface area contributed by atoms with Crippen molar-refractivity contribution in [3.8, 4) is 0 Å². The van der Waals surface area contributed by atoms with Gasteiger partial charge in [-0.15, -0.1) is 0 Å². The lowest BCUT2D eigenvalue weighted by atomic mass is 10.1. The van der Waals surface area contributed by atoms with Crippen molar-refractivity contribution in [3.63, 3.8) is 0 Å². The number of ether oxygens (including phenoxy) is 2. The molecule has 0 radical (unpaired) electrons. The van der Waals surface area contributed by atoms with Crippen LogP contribution in [-0.2, 0) is 19.1 Å². The summed E-state index contributed by atoms with van der Waals surface area (Å²) in [6.07, 6.45) is 0. The molecule has 1 N–H and O–H groups in total. The van der Waals surface area contributed by atoms with Gasteiger partial charge in [0.2, 0.25) is 11.8 Å². The number of rotatable bonds is 7. The van der Waals surface area contributed by atoms with Crippen LogP contribution in [0.5, 0.6) is 0 Å². The Balaban J connectivity index is 3.90. The first-order chi connectivity index (χ1) is 8.26. The zero-order valence-corrected chi connectivity index (χ0v) is 11.9. The predicted molar refractivity (Wildman–Crippen MR) is 68.2 cm³/mol. The molecule has 0 unspecified atom stereocenters. The van der Waals surface area contributed by atoms with Gasteiger partial charge in [-0.05, 0) is 20.8 Å². The summed E-state index contributed by atoms with van der Waals surface area (Å²) in [7, 11) is 3.14. The van der Waals surface area contributed by atoms with E-state index in [0.29, 0.717) is 13.2 Å². The highest BCUT2D eigenvalue weighted by molar-refractivity contribution is 5.85. The SMILES string of the molecule is COCCOCC(=O)N(C)CC(=O)NC(C)(C)C. The quantitative estimate of drug-likeness (QED) is 0.655. The minimum absolute atomic E-state index is 0.0315. The molecule has 0 heterocycles. The van der Waals surface area contributed by atoms with Crippen LogP contribution in [0.15, 0.2) is 0 Å². The highest BCUT2D eigenvalue weighted by atomic mass is 16.5. The van der Waals surface area contributed by atoms with Gasteiger partial charge in [0.1, 0.15) is 6.61 Å². The van der Waals surface area contributed by atoms with Crippen molar-refractivity contribution in [1.29, 1.82) is 0 Å². The second-order valence-corrected chi connectivity index (χ2v) is 5.09. The molecule has 0 aliphatic heterocycles. The second kappa shape index (κ2) is 8.05. The van der Waals surface area contributed by atoms with Gasteiger partial charge in [-0.25, -0.2) is 0 Å². The first kappa shape index (κ1) is 16.9. The molecular weight excluding hydrogens is 236 g/mol. The van der Waals surface area contributed by atoms with Crippen LogP contribution in [0.1, 0.15) is 20.8 Å². The summed E-state index contributed by atoms with van der Waals surface area (Å²) in [5.41, 5.74) is -0.296. The fourth-order valence-electron chi connectivity index (χ4n) is 1.17. The summed E-state index contributed by atoms with van der Waals surface area (Å²) < 4.78 is 9.88. The standard InChI is InChI=1S/C12H24N2O4/c1-12(2,3)13-10(15)8-14(4)11(16)9-18-7-6-17-5/h6-9H2,1-5H3,(H,13,15). The van der Waals surface area contributed by atoms with Crippen LogP contribution < -0.4 is 5.32 Å². The molecule has 106 valence electrons. The Morgan fingerprint density at radius 2 is 1.83 bits per heavy atom. The van der Waals surface area contributed by atoms with E-state index in [1.807, 2.05) is 20.8 Å². The van der Waals surface area contributed by atoms with E-state index in [1.54, 1.807) is 14.2 Å². The molecule has 0 rings (SSSR count). The maximum absolute atomic E-state index is 11.6. The van der Waals surface area contributed by atoms with Gasteiger partial charge in [0.15, 0.2) is 0 Å². The Morgan fingerprint density at radius 3 is 2.33 bits per heavy atom.